The number of aliphatic hydroxyl groups is 1. The summed E-state index contributed by atoms with van der Waals surface area (Å²) in [7, 11) is 1.72. The van der Waals surface area contributed by atoms with E-state index in [0.717, 1.165) is 6.42 Å². The fraction of sp³-hybridized carbons (Fsp3) is 0.462. The van der Waals surface area contributed by atoms with Crippen LogP contribution in [0.4, 0.5) is 0 Å². The third-order valence-corrected chi connectivity index (χ3v) is 3.81. The number of rotatable bonds is 7. The van der Waals surface area contributed by atoms with E-state index in [4.69, 9.17) is 5.11 Å². The van der Waals surface area contributed by atoms with Gasteiger partial charge in [0.2, 0.25) is 0 Å². The zero-order valence-corrected chi connectivity index (χ0v) is 12.1. The van der Waals surface area contributed by atoms with Gasteiger partial charge in [0, 0.05) is 20.2 Å². The molecule has 1 atom stereocenters. The Labute approximate surface area is 121 Å². The van der Waals surface area contributed by atoms with Crippen molar-refractivity contribution < 1.29 is 9.90 Å². The maximum Gasteiger partial charge on any atom is 0.273 e. The van der Waals surface area contributed by atoms with E-state index in [1.54, 1.807) is 24.6 Å². The Morgan fingerprint density at radius 3 is 3.00 bits per heavy atom. The van der Waals surface area contributed by atoms with Crippen molar-refractivity contribution in [3.05, 3.63) is 34.3 Å². The van der Waals surface area contributed by atoms with Crippen molar-refractivity contribution >= 4 is 17.2 Å². The highest BCUT2D eigenvalue weighted by Crippen LogP contribution is 2.24. The molecule has 0 aromatic carbocycles. The molecular formula is C13H18N4O2S. The summed E-state index contributed by atoms with van der Waals surface area (Å²) >= 11 is 1.64. The van der Waals surface area contributed by atoms with Crippen molar-refractivity contribution in [1.82, 2.24) is 20.3 Å². The number of nitrogens with zero attached hydrogens (tertiary/aromatic N) is 3. The van der Waals surface area contributed by atoms with Crippen LogP contribution in [0.2, 0.25) is 0 Å². The molecule has 2 aromatic heterocycles. The Bertz CT molecular complexity index is 538. The Morgan fingerprint density at radius 1 is 1.55 bits per heavy atom. The van der Waals surface area contributed by atoms with Crippen LogP contribution in [-0.4, -0.2) is 39.2 Å². The van der Waals surface area contributed by atoms with Crippen molar-refractivity contribution in [2.75, 3.05) is 13.2 Å². The van der Waals surface area contributed by atoms with E-state index in [2.05, 4.69) is 27.1 Å². The molecule has 7 heteroatoms. The number of thiophene rings is 1. The number of amides is 1. The number of hydrogen-bond donors (Lipinski definition) is 2. The Balaban J connectivity index is 1.83. The summed E-state index contributed by atoms with van der Waals surface area (Å²) in [6.45, 7) is 0.703. The Kier molecular flexibility index (Phi) is 5.25. The number of carbonyl (C=O) groups excluding carboxylic acids is 1. The molecule has 0 aliphatic heterocycles. The first kappa shape index (κ1) is 14.7. The lowest BCUT2D eigenvalue weighted by Crippen LogP contribution is -2.26. The van der Waals surface area contributed by atoms with Gasteiger partial charge in [0.1, 0.15) is 0 Å². The van der Waals surface area contributed by atoms with E-state index in [0.29, 0.717) is 18.7 Å². The largest absolute Gasteiger partial charge is 0.396 e. The van der Waals surface area contributed by atoms with Crippen LogP contribution < -0.4 is 5.32 Å². The maximum absolute atomic E-state index is 11.8. The molecule has 0 unspecified atom stereocenters. The van der Waals surface area contributed by atoms with Crippen LogP contribution in [-0.2, 0) is 7.05 Å². The maximum atomic E-state index is 11.8. The van der Waals surface area contributed by atoms with Gasteiger partial charge in [-0.1, -0.05) is 5.21 Å². The molecule has 0 bridgehead atoms. The van der Waals surface area contributed by atoms with Gasteiger partial charge in [0.05, 0.1) is 6.20 Å². The highest BCUT2D eigenvalue weighted by Gasteiger charge is 2.13. The number of hydrogen-bond acceptors (Lipinski definition) is 5. The molecule has 108 valence electrons. The van der Waals surface area contributed by atoms with Crippen molar-refractivity contribution in [2.24, 2.45) is 7.05 Å². The summed E-state index contributed by atoms with van der Waals surface area (Å²) in [5, 5.41) is 23.6. The predicted octanol–water partition coefficient (Wildman–Crippen LogP) is 1.16. The van der Waals surface area contributed by atoms with Gasteiger partial charge in [0.25, 0.3) is 5.91 Å². The van der Waals surface area contributed by atoms with E-state index in [-0.39, 0.29) is 18.4 Å². The van der Waals surface area contributed by atoms with Crippen LogP contribution in [0.25, 0.3) is 0 Å². The van der Waals surface area contributed by atoms with Crippen molar-refractivity contribution in [3.8, 4) is 0 Å². The molecule has 0 spiro atoms. The van der Waals surface area contributed by atoms with Crippen LogP contribution in [0.5, 0.6) is 0 Å². The van der Waals surface area contributed by atoms with Crippen molar-refractivity contribution in [1.29, 1.82) is 0 Å². The van der Waals surface area contributed by atoms with Crippen LogP contribution >= 0.6 is 11.3 Å². The summed E-state index contributed by atoms with van der Waals surface area (Å²) in [4.78, 5) is 11.8. The minimum Gasteiger partial charge on any atom is -0.396 e. The Hall–Kier alpha value is -1.73. The first-order valence-electron chi connectivity index (χ1n) is 6.48. The van der Waals surface area contributed by atoms with E-state index in [1.807, 2.05) is 5.38 Å². The fourth-order valence-electron chi connectivity index (χ4n) is 2.04. The van der Waals surface area contributed by atoms with Gasteiger partial charge >= 0.3 is 0 Å². The molecule has 2 aromatic rings. The molecule has 0 aliphatic carbocycles. The summed E-state index contributed by atoms with van der Waals surface area (Å²) in [6, 6.07) is 2.06. The van der Waals surface area contributed by atoms with Gasteiger partial charge in [-0.05, 0) is 41.1 Å². The quantitative estimate of drug-likeness (QED) is 0.803. The summed E-state index contributed by atoms with van der Waals surface area (Å²) in [5.74, 6) is 0.0552. The fourth-order valence-corrected chi connectivity index (χ4v) is 2.79. The lowest BCUT2D eigenvalue weighted by atomic mass is 9.95. The molecular weight excluding hydrogens is 276 g/mol. The Morgan fingerprint density at radius 2 is 2.40 bits per heavy atom. The van der Waals surface area contributed by atoms with Gasteiger partial charge in [-0.3, -0.25) is 9.48 Å². The summed E-state index contributed by atoms with van der Waals surface area (Å²) < 4.78 is 1.49. The number of nitrogens with one attached hydrogen (secondary N) is 1. The highest BCUT2D eigenvalue weighted by atomic mass is 32.1. The molecule has 2 rings (SSSR count). The number of aromatic nitrogens is 3. The van der Waals surface area contributed by atoms with Gasteiger partial charge in [-0.25, -0.2) is 0 Å². The average molecular weight is 294 g/mol. The highest BCUT2D eigenvalue weighted by molar-refractivity contribution is 7.07. The van der Waals surface area contributed by atoms with Gasteiger partial charge in [-0.15, -0.1) is 5.10 Å². The zero-order valence-electron chi connectivity index (χ0n) is 11.3. The van der Waals surface area contributed by atoms with E-state index in [9.17, 15) is 4.79 Å². The normalized spacial score (nSPS) is 12.3. The molecule has 2 N–H and O–H groups in total. The molecule has 2 heterocycles. The SMILES string of the molecule is Cn1cc(C(=O)NCC[C@@H](CCO)c2ccsc2)nn1. The average Bonchev–Trinajstić information content (AvgIpc) is 3.08. The number of carbonyl (C=O) groups is 1. The smallest absolute Gasteiger partial charge is 0.273 e. The van der Waals surface area contributed by atoms with E-state index in [1.165, 1.54) is 10.2 Å². The lowest BCUT2D eigenvalue weighted by molar-refractivity contribution is 0.0947. The molecule has 6 nitrogen and oxygen atoms in total. The number of aliphatic hydroxyl groups excluding tert-OH is 1. The first-order chi connectivity index (χ1) is 9.70. The second kappa shape index (κ2) is 7.16. The molecule has 1 amide bonds. The van der Waals surface area contributed by atoms with Crippen LogP contribution in [0, 0.1) is 0 Å². The van der Waals surface area contributed by atoms with Gasteiger partial charge < -0.3 is 10.4 Å². The topological polar surface area (TPSA) is 80.0 Å². The number of aryl methyl sites for hydroxylation is 1. The first-order valence-corrected chi connectivity index (χ1v) is 7.42. The van der Waals surface area contributed by atoms with E-state index >= 15 is 0 Å². The van der Waals surface area contributed by atoms with Crippen molar-refractivity contribution in [2.45, 2.75) is 18.8 Å². The second-order valence-corrected chi connectivity index (χ2v) is 5.37. The van der Waals surface area contributed by atoms with Crippen molar-refractivity contribution in [3.63, 3.8) is 0 Å². The molecule has 20 heavy (non-hydrogen) atoms. The minimum absolute atomic E-state index is 0.151. The third kappa shape index (κ3) is 3.88. The zero-order chi connectivity index (χ0) is 14.4. The minimum atomic E-state index is -0.217. The molecule has 0 saturated carbocycles. The van der Waals surface area contributed by atoms with Crippen LogP contribution in [0.3, 0.4) is 0 Å². The second-order valence-electron chi connectivity index (χ2n) is 4.59. The monoisotopic (exact) mass is 294 g/mol. The standard InChI is InChI=1S/C13H18N4O2S/c1-17-8-12(15-16-17)13(19)14-5-2-10(3-6-18)11-4-7-20-9-11/h4,7-10,18H,2-3,5-6H2,1H3,(H,14,19)/t10-/m0/s1. The molecule has 0 saturated heterocycles. The van der Waals surface area contributed by atoms with Gasteiger partial charge in [0.15, 0.2) is 5.69 Å². The summed E-state index contributed by atoms with van der Waals surface area (Å²) in [6.07, 6.45) is 3.08. The van der Waals surface area contributed by atoms with Crippen LogP contribution in [0.1, 0.15) is 34.8 Å². The third-order valence-electron chi connectivity index (χ3n) is 3.11. The predicted molar refractivity (Wildman–Crippen MR) is 76.7 cm³/mol. The van der Waals surface area contributed by atoms with Gasteiger partial charge in [-0.2, -0.15) is 11.3 Å². The lowest BCUT2D eigenvalue weighted by Gasteiger charge is -2.14. The molecule has 0 radical (unpaired) electrons. The van der Waals surface area contributed by atoms with E-state index < -0.39 is 0 Å². The molecule has 0 aliphatic rings. The van der Waals surface area contributed by atoms with Crippen LogP contribution in [0.15, 0.2) is 23.0 Å². The summed E-state index contributed by atoms with van der Waals surface area (Å²) in [5.41, 5.74) is 1.54. The molecule has 0 fully saturated rings.